The third kappa shape index (κ3) is 4.98. The number of hydrogen-bond acceptors (Lipinski definition) is 5. The second kappa shape index (κ2) is 10.7. The van der Waals surface area contributed by atoms with Crippen molar-refractivity contribution in [1.82, 2.24) is 14.8 Å². The maximum absolute atomic E-state index is 14.2. The summed E-state index contributed by atoms with van der Waals surface area (Å²) in [6.45, 7) is 6.04. The van der Waals surface area contributed by atoms with Crippen LogP contribution in [-0.2, 0) is 20.4 Å². The minimum atomic E-state index is -4.64. The second-order valence-corrected chi connectivity index (χ2v) is 12.3. The highest BCUT2D eigenvalue weighted by Gasteiger charge is 2.32. The Morgan fingerprint density at radius 2 is 1.55 bits per heavy atom. The number of aryl methyl sites for hydroxylation is 1. The van der Waals surface area contributed by atoms with Gasteiger partial charge in [-0.05, 0) is 50.7 Å². The summed E-state index contributed by atoms with van der Waals surface area (Å²) in [6.07, 6.45) is 1.46. The molecule has 0 radical (unpaired) electrons. The number of amides is 2. The summed E-state index contributed by atoms with van der Waals surface area (Å²) in [5.74, 6) is -13.6. The Balaban J connectivity index is 1.50. The number of nitrogens with one attached hydrogen (secondary N) is 2. The van der Waals surface area contributed by atoms with Gasteiger partial charge in [0.15, 0.2) is 33.1 Å². The molecule has 42 heavy (non-hydrogen) atoms. The van der Waals surface area contributed by atoms with Gasteiger partial charge in [0.25, 0.3) is 11.8 Å². The summed E-state index contributed by atoms with van der Waals surface area (Å²) in [5, 5.41) is 2.60. The molecular formula is C28H25F5N4O4S. The Morgan fingerprint density at radius 3 is 2.17 bits per heavy atom. The molecular weight excluding hydrogens is 583 g/mol. The molecule has 3 heterocycles. The number of aromatic nitrogens is 1. The van der Waals surface area contributed by atoms with E-state index in [1.807, 2.05) is 7.05 Å². The van der Waals surface area contributed by atoms with E-state index in [1.165, 1.54) is 12.1 Å². The first-order valence-electron chi connectivity index (χ1n) is 12.8. The maximum Gasteiger partial charge on any atom is 0.256 e. The van der Waals surface area contributed by atoms with E-state index >= 15 is 0 Å². The minimum Gasteiger partial charge on any atom is -0.358 e. The number of carbonyl (C=O) groups is 2. The van der Waals surface area contributed by atoms with Crippen LogP contribution in [0.15, 0.2) is 23.1 Å². The van der Waals surface area contributed by atoms with Crippen molar-refractivity contribution in [3.8, 4) is 0 Å². The van der Waals surface area contributed by atoms with Gasteiger partial charge < -0.3 is 20.1 Å². The van der Waals surface area contributed by atoms with Gasteiger partial charge in [-0.25, -0.2) is 30.4 Å². The van der Waals surface area contributed by atoms with Gasteiger partial charge in [0, 0.05) is 54.4 Å². The number of benzene rings is 2. The van der Waals surface area contributed by atoms with E-state index in [-0.39, 0.29) is 22.7 Å². The van der Waals surface area contributed by atoms with Gasteiger partial charge in [0.2, 0.25) is 5.82 Å². The van der Waals surface area contributed by atoms with Crippen molar-refractivity contribution < 1.29 is 40.0 Å². The van der Waals surface area contributed by atoms with Crippen LogP contribution in [0.25, 0.3) is 11.6 Å². The lowest BCUT2D eigenvalue weighted by Crippen LogP contribution is -2.47. The fourth-order valence-corrected chi connectivity index (χ4v) is 6.48. The summed E-state index contributed by atoms with van der Waals surface area (Å²) >= 11 is 0. The molecule has 1 saturated heterocycles. The number of piperazine rings is 1. The molecule has 0 bridgehead atoms. The first kappa shape index (κ1) is 29.5. The Kier molecular flexibility index (Phi) is 7.47. The van der Waals surface area contributed by atoms with Crippen molar-refractivity contribution >= 4 is 39.0 Å². The smallest absolute Gasteiger partial charge is 0.256 e. The normalized spacial score (nSPS) is 16.7. The number of aromatic amines is 1. The number of halogens is 5. The average Bonchev–Trinajstić information content (AvgIpc) is 3.42. The number of rotatable bonds is 5. The molecule has 0 unspecified atom stereocenters. The van der Waals surface area contributed by atoms with E-state index < -0.39 is 61.0 Å². The maximum atomic E-state index is 14.2. The molecule has 14 heteroatoms. The van der Waals surface area contributed by atoms with Crippen molar-refractivity contribution in [1.29, 1.82) is 0 Å². The predicted octanol–water partition coefficient (Wildman–Crippen LogP) is 4.18. The molecule has 1 fully saturated rings. The topological polar surface area (TPSA) is 103 Å². The van der Waals surface area contributed by atoms with E-state index in [0.717, 1.165) is 25.2 Å². The molecule has 3 aromatic rings. The van der Waals surface area contributed by atoms with Gasteiger partial charge in [0.1, 0.15) is 0 Å². The molecule has 5 rings (SSSR count). The van der Waals surface area contributed by atoms with Crippen molar-refractivity contribution in [2.24, 2.45) is 0 Å². The highest BCUT2D eigenvalue weighted by atomic mass is 32.2. The van der Waals surface area contributed by atoms with Crippen LogP contribution in [0, 0.1) is 42.9 Å². The summed E-state index contributed by atoms with van der Waals surface area (Å²) in [6, 6.07) is 3.40. The minimum absolute atomic E-state index is 0.0428. The molecule has 2 N–H and O–H groups in total. The van der Waals surface area contributed by atoms with Crippen LogP contribution >= 0.6 is 0 Å². The summed E-state index contributed by atoms with van der Waals surface area (Å²) in [7, 11) is -2.67. The monoisotopic (exact) mass is 608 g/mol. The standard InChI is InChI=1S/C28H25F5N4O4S/c1-13-20(34-14(2)21(13)28(39)37-8-6-36(3)7-9-37)11-17-16-10-15(4-5-19(16)35-27(17)38)42(40,41)12-18-22(29)24(31)26(33)25(32)23(18)30/h4-5,10-11,34H,6-9,12H2,1-3H3,(H,35,38). The van der Waals surface area contributed by atoms with E-state index in [2.05, 4.69) is 15.2 Å². The molecule has 222 valence electrons. The van der Waals surface area contributed by atoms with E-state index in [0.29, 0.717) is 35.6 Å². The van der Waals surface area contributed by atoms with Gasteiger partial charge in [-0.1, -0.05) is 0 Å². The van der Waals surface area contributed by atoms with Crippen molar-refractivity contribution in [3.05, 3.63) is 80.9 Å². The lowest BCUT2D eigenvalue weighted by Gasteiger charge is -2.32. The lowest BCUT2D eigenvalue weighted by atomic mass is 10.0. The highest BCUT2D eigenvalue weighted by Crippen LogP contribution is 2.37. The van der Waals surface area contributed by atoms with Crippen molar-refractivity contribution in [3.63, 3.8) is 0 Å². The number of fused-ring (bicyclic) bond motifs is 1. The lowest BCUT2D eigenvalue weighted by molar-refractivity contribution is -0.110. The largest absolute Gasteiger partial charge is 0.358 e. The van der Waals surface area contributed by atoms with E-state index in [9.17, 15) is 40.0 Å². The second-order valence-electron chi connectivity index (χ2n) is 10.3. The Bertz CT molecular complexity index is 1760. The first-order chi connectivity index (χ1) is 19.7. The average molecular weight is 609 g/mol. The SMILES string of the molecule is Cc1[nH]c(C=C2C(=O)Nc3ccc(S(=O)(=O)Cc4c(F)c(F)c(F)c(F)c4F)cc32)c(C)c1C(=O)N1CCN(C)CC1. The summed E-state index contributed by atoms with van der Waals surface area (Å²) < 4.78 is 95.3. The quantitative estimate of drug-likeness (QED) is 0.196. The van der Waals surface area contributed by atoms with E-state index in [4.69, 9.17) is 0 Å². The third-order valence-electron chi connectivity index (χ3n) is 7.54. The van der Waals surface area contributed by atoms with Crippen molar-refractivity contribution in [2.75, 3.05) is 38.5 Å². The van der Waals surface area contributed by atoms with Crippen LogP contribution in [0.5, 0.6) is 0 Å². The third-order valence-corrected chi connectivity index (χ3v) is 9.18. The zero-order valence-electron chi connectivity index (χ0n) is 22.7. The Morgan fingerprint density at radius 1 is 0.952 bits per heavy atom. The molecule has 2 aliphatic rings. The number of H-pyrrole nitrogens is 1. The predicted molar refractivity (Wildman–Crippen MR) is 144 cm³/mol. The molecule has 2 aromatic carbocycles. The van der Waals surface area contributed by atoms with Gasteiger partial charge in [-0.15, -0.1) is 0 Å². The number of hydrogen-bond donors (Lipinski definition) is 2. The van der Waals surface area contributed by atoms with Gasteiger partial charge in [-0.3, -0.25) is 9.59 Å². The first-order valence-corrected chi connectivity index (χ1v) is 14.4. The molecule has 0 atom stereocenters. The molecule has 8 nitrogen and oxygen atoms in total. The number of anilines is 1. The molecule has 2 amide bonds. The number of carbonyl (C=O) groups excluding carboxylic acids is 2. The zero-order valence-corrected chi connectivity index (χ0v) is 23.5. The van der Waals surface area contributed by atoms with E-state index in [1.54, 1.807) is 18.7 Å². The molecule has 0 aliphatic carbocycles. The molecule has 0 spiro atoms. The van der Waals surface area contributed by atoms with Crippen LogP contribution in [-0.4, -0.2) is 68.2 Å². The van der Waals surface area contributed by atoms with Crippen molar-refractivity contribution in [2.45, 2.75) is 24.5 Å². The fraction of sp³-hybridized carbons (Fsp3) is 0.286. The zero-order chi connectivity index (χ0) is 30.7. The Hall–Kier alpha value is -4.04. The van der Waals surface area contributed by atoms with Crippen LogP contribution in [0.4, 0.5) is 27.6 Å². The van der Waals surface area contributed by atoms with Gasteiger partial charge in [0.05, 0.1) is 21.8 Å². The number of sulfone groups is 1. The Labute approximate surface area is 237 Å². The van der Waals surface area contributed by atoms with Gasteiger partial charge >= 0.3 is 0 Å². The number of likely N-dealkylation sites (N-methyl/N-ethyl adjacent to an activating group) is 1. The summed E-state index contributed by atoms with van der Waals surface area (Å²) in [5.41, 5.74) is 1.00. The molecule has 0 saturated carbocycles. The summed E-state index contributed by atoms with van der Waals surface area (Å²) in [4.78, 5) is 32.6. The fourth-order valence-electron chi connectivity index (χ4n) is 5.11. The highest BCUT2D eigenvalue weighted by molar-refractivity contribution is 7.90. The van der Waals surface area contributed by atoms with Crippen LogP contribution in [0.3, 0.4) is 0 Å². The van der Waals surface area contributed by atoms with Crippen LogP contribution in [0.1, 0.15) is 38.4 Å². The van der Waals surface area contributed by atoms with Crippen LogP contribution < -0.4 is 5.32 Å². The van der Waals surface area contributed by atoms with Crippen LogP contribution in [0.2, 0.25) is 0 Å². The number of nitrogens with zero attached hydrogens (tertiary/aromatic N) is 2. The van der Waals surface area contributed by atoms with Gasteiger partial charge in [-0.2, -0.15) is 0 Å². The molecule has 1 aromatic heterocycles. The molecule has 2 aliphatic heterocycles.